The molecule has 2 aromatic heterocycles. The van der Waals surface area contributed by atoms with E-state index in [0.29, 0.717) is 0 Å². The van der Waals surface area contributed by atoms with Crippen molar-refractivity contribution < 1.29 is 4.42 Å². The van der Waals surface area contributed by atoms with Gasteiger partial charge in [-0.1, -0.05) is 164 Å². The number of fused-ring (bicyclic) bond motifs is 8. The second-order valence-corrected chi connectivity index (χ2v) is 15.7. The Bertz CT molecular complexity index is 3550. The van der Waals surface area contributed by atoms with Gasteiger partial charge < -0.3 is 13.9 Å². The Hall–Kier alpha value is -8.14. The number of rotatable bonds is 7. The van der Waals surface area contributed by atoms with Gasteiger partial charge in [-0.2, -0.15) is 0 Å². The molecular weight excluding hydrogens is 741 g/mol. The molecule has 0 spiro atoms. The first kappa shape index (κ1) is 34.9. The molecule has 0 amide bonds. The Morgan fingerprint density at radius 1 is 0.311 bits per heavy atom. The Morgan fingerprint density at radius 3 is 1.46 bits per heavy atom. The molecule has 12 aromatic rings. The van der Waals surface area contributed by atoms with Crippen LogP contribution in [-0.2, 0) is 0 Å². The van der Waals surface area contributed by atoms with Crippen molar-refractivity contribution in [2.75, 3.05) is 4.90 Å². The van der Waals surface area contributed by atoms with E-state index in [2.05, 4.69) is 234 Å². The molecule has 0 saturated heterocycles. The normalized spacial score (nSPS) is 11.6. The number of anilines is 3. The highest BCUT2D eigenvalue weighted by Gasteiger charge is 2.21. The highest BCUT2D eigenvalue weighted by Crippen LogP contribution is 2.45. The fourth-order valence-corrected chi connectivity index (χ4v) is 9.28. The largest absolute Gasteiger partial charge is 0.456 e. The summed E-state index contributed by atoms with van der Waals surface area (Å²) in [5, 5.41) is 7.12. The summed E-state index contributed by atoms with van der Waals surface area (Å²) in [6.07, 6.45) is 0. The minimum absolute atomic E-state index is 0.874. The Morgan fingerprint density at radius 2 is 0.787 bits per heavy atom. The van der Waals surface area contributed by atoms with Gasteiger partial charge in [-0.05, 0) is 99.4 Å². The molecule has 3 nitrogen and oxygen atoms in total. The van der Waals surface area contributed by atoms with E-state index in [1.54, 1.807) is 0 Å². The number of hydrogen-bond acceptors (Lipinski definition) is 2. The van der Waals surface area contributed by atoms with Crippen molar-refractivity contribution >= 4 is 71.6 Å². The number of hydrogen-bond donors (Lipinski definition) is 0. The van der Waals surface area contributed by atoms with Crippen LogP contribution in [-0.4, -0.2) is 4.57 Å². The second-order valence-electron chi connectivity index (χ2n) is 15.7. The number of benzene rings is 10. The first-order valence-corrected chi connectivity index (χ1v) is 20.8. The van der Waals surface area contributed by atoms with E-state index in [1.165, 1.54) is 60.7 Å². The third-order valence-electron chi connectivity index (χ3n) is 12.2. The van der Waals surface area contributed by atoms with Crippen LogP contribution in [0.4, 0.5) is 17.1 Å². The van der Waals surface area contributed by atoms with Gasteiger partial charge in [0.05, 0.1) is 16.7 Å². The number of para-hydroxylation sites is 3. The van der Waals surface area contributed by atoms with Gasteiger partial charge in [0.15, 0.2) is 0 Å². The van der Waals surface area contributed by atoms with Crippen molar-refractivity contribution in [3.63, 3.8) is 0 Å². The molecule has 12 rings (SSSR count). The van der Waals surface area contributed by atoms with Crippen LogP contribution < -0.4 is 4.90 Å². The zero-order chi connectivity index (χ0) is 40.3. The summed E-state index contributed by atoms with van der Waals surface area (Å²) in [6, 6.07) is 82.8. The lowest BCUT2D eigenvalue weighted by Crippen LogP contribution is -2.10. The first-order chi connectivity index (χ1) is 30.2. The van der Waals surface area contributed by atoms with E-state index in [4.69, 9.17) is 4.42 Å². The molecular formula is C58H38N2O. The molecule has 0 aliphatic heterocycles. The smallest absolute Gasteiger partial charge is 0.138 e. The minimum Gasteiger partial charge on any atom is -0.456 e. The molecule has 0 atom stereocenters. The maximum Gasteiger partial charge on any atom is 0.138 e. The lowest BCUT2D eigenvalue weighted by atomic mass is 9.98. The quantitative estimate of drug-likeness (QED) is 0.161. The fraction of sp³-hybridized carbons (Fsp3) is 0. The molecule has 0 radical (unpaired) electrons. The van der Waals surface area contributed by atoms with Gasteiger partial charge in [0.2, 0.25) is 0 Å². The molecule has 0 bridgehead atoms. The Kier molecular flexibility index (Phi) is 8.17. The van der Waals surface area contributed by atoms with Crippen molar-refractivity contribution in [3.05, 3.63) is 231 Å². The summed E-state index contributed by atoms with van der Waals surface area (Å²) in [5.41, 5.74) is 15.7. The van der Waals surface area contributed by atoms with Crippen molar-refractivity contribution in [1.29, 1.82) is 0 Å². The molecule has 2 heterocycles. The van der Waals surface area contributed by atoms with Crippen LogP contribution >= 0.6 is 0 Å². The predicted molar refractivity (Wildman–Crippen MR) is 257 cm³/mol. The monoisotopic (exact) mass is 778 g/mol. The standard InChI is InChI=1S/C58H38N2O/c1-3-13-39(14-4-1)41-27-32-46(33-28-41)59(55-38-57-58(50-19-8-7-17-48(50)55)51-20-10-12-22-56(51)61-57)47-34-29-42(30-35-47)40-23-25-43(26-24-40)44-31-36-54-52(37-44)49-18-9-11-21-53(49)60(54)45-15-5-2-6-16-45/h1-38H. The van der Waals surface area contributed by atoms with Crippen LogP contribution in [0.15, 0.2) is 235 Å². The maximum atomic E-state index is 6.55. The second kappa shape index (κ2) is 14.3. The zero-order valence-electron chi connectivity index (χ0n) is 33.2. The van der Waals surface area contributed by atoms with Crippen LogP contribution in [0.2, 0.25) is 0 Å². The van der Waals surface area contributed by atoms with Crippen LogP contribution in [0.25, 0.3) is 93.6 Å². The van der Waals surface area contributed by atoms with E-state index in [9.17, 15) is 0 Å². The van der Waals surface area contributed by atoms with Gasteiger partial charge in [0.1, 0.15) is 11.2 Å². The molecule has 61 heavy (non-hydrogen) atoms. The van der Waals surface area contributed by atoms with Gasteiger partial charge in [-0.25, -0.2) is 0 Å². The van der Waals surface area contributed by atoms with E-state index in [0.717, 1.165) is 50.0 Å². The summed E-state index contributed by atoms with van der Waals surface area (Å²) in [7, 11) is 0. The summed E-state index contributed by atoms with van der Waals surface area (Å²) < 4.78 is 8.91. The van der Waals surface area contributed by atoms with Crippen molar-refractivity contribution in [1.82, 2.24) is 4.57 Å². The van der Waals surface area contributed by atoms with Crippen LogP contribution in [0.5, 0.6) is 0 Å². The molecule has 10 aromatic carbocycles. The summed E-state index contributed by atoms with van der Waals surface area (Å²) in [5.74, 6) is 0. The van der Waals surface area contributed by atoms with Gasteiger partial charge in [-0.3, -0.25) is 0 Å². The summed E-state index contributed by atoms with van der Waals surface area (Å²) >= 11 is 0. The highest BCUT2D eigenvalue weighted by molar-refractivity contribution is 6.22. The molecule has 0 aliphatic carbocycles. The van der Waals surface area contributed by atoms with E-state index < -0.39 is 0 Å². The molecule has 286 valence electrons. The van der Waals surface area contributed by atoms with Crippen LogP contribution in [0.1, 0.15) is 0 Å². The van der Waals surface area contributed by atoms with Gasteiger partial charge >= 0.3 is 0 Å². The maximum absolute atomic E-state index is 6.55. The fourth-order valence-electron chi connectivity index (χ4n) is 9.28. The molecule has 3 heteroatoms. The van der Waals surface area contributed by atoms with Crippen molar-refractivity contribution in [3.8, 4) is 39.1 Å². The van der Waals surface area contributed by atoms with Gasteiger partial charge in [-0.15, -0.1) is 0 Å². The topological polar surface area (TPSA) is 21.3 Å². The van der Waals surface area contributed by atoms with E-state index in [1.807, 2.05) is 6.07 Å². The van der Waals surface area contributed by atoms with Gasteiger partial charge in [0.25, 0.3) is 0 Å². The molecule has 0 saturated carbocycles. The Balaban J connectivity index is 0.925. The van der Waals surface area contributed by atoms with Crippen molar-refractivity contribution in [2.45, 2.75) is 0 Å². The van der Waals surface area contributed by atoms with E-state index >= 15 is 0 Å². The molecule has 0 aliphatic rings. The van der Waals surface area contributed by atoms with E-state index in [-0.39, 0.29) is 0 Å². The summed E-state index contributed by atoms with van der Waals surface area (Å²) in [6.45, 7) is 0. The number of furan rings is 1. The van der Waals surface area contributed by atoms with Crippen molar-refractivity contribution in [2.24, 2.45) is 0 Å². The van der Waals surface area contributed by atoms with Gasteiger partial charge in [0, 0.05) is 50.1 Å². The van der Waals surface area contributed by atoms with Crippen LogP contribution in [0.3, 0.4) is 0 Å². The Labute approximate surface area is 353 Å². The average Bonchev–Trinajstić information content (AvgIpc) is 3.88. The lowest BCUT2D eigenvalue weighted by Gasteiger charge is -2.27. The SMILES string of the molecule is c1ccc(-c2ccc(N(c3ccc(-c4ccc(-c5ccc6c(c5)c5ccccc5n6-c5ccccc5)cc4)cc3)c3cc4oc5ccccc5c4c4ccccc34)cc2)cc1. The number of aromatic nitrogens is 1. The molecule has 0 N–H and O–H groups in total. The number of nitrogens with zero attached hydrogens (tertiary/aromatic N) is 2. The third-order valence-corrected chi connectivity index (χ3v) is 12.2. The molecule has 0 fully saturated rings. The first-order valence-electron chi connectivity index (χ1n) is 20.8. The third kappa shape index (κ3) is 5.90. The summed E-state index contributed by atoms with van der Waals surface area (Å²) in [4.78, 5) is 2.36. The zero-order valence-corrected chi connectivity index (χ0v) is 33.2. The lowest BCUT2D eigenvalue weighted by molar-refractivity contribution is 0.669. The van der Waals surface area contributed by atoms with Crippen LogP contribution in [0, 0.1) is 0 Å². The predicted octanol–water partition coefficient (Wildman–Crippen LogP) is 16.3. The average molecular weight is 779 g/mol. The highest BCUT2D eigenvalue weighted by atomic mass is 16.3. The minimum atomic E-state index is 0.874. The molecule has 0 unspecified atom stereocenters.